The van der Waals surface area contributed by atoms with Crippen LogP contribution in [0.25, 0.3) is 0 Å². The number of methoxy groups -OCH3 is 1. The summed E-state index contributed by atoms with van der Waals surface area (Å²) in [6.07, 6.45) is 4.24. The van der Waals surface area contributed by atoms with Gasteiger partial charge < -0.3 is 4.74 Å². The fourth-order valence-corrected chi connectivity index (χ4v) is 2.37. The lowest BCUT2D eigenvalue weighted by Crippen LogP contribution is -2.06. The van der Waals surface area contributed by atoms with Gasteiger partial charge in [0, 0.05) is 5.56 Å². The molecular weight excluding hydrogens is 238 g/mol. The van der Waals surface area contributed by atoms with E-state index in [9.17, 15) is 4.79 Å². The predicted molar refractivity (Wildman–Crippen MR) is 66.4 cm³/mol. The molecule has 2 rings (SSSR count). The first-order valence-corrected chi connectivity index (χ1v) is 6.00. The molecule has 0 aliphatic heterocycles. The summed E-state index contributed by atoms with van der Waals surface area (Å²) >= 11 is 6.18. The van der Waals surface area contributed by atoms with Gasteiger partial charge in [0.1, 0.15) is 11.3 Å². The van der Waals surface area contributed by atoms with Crippen LogP contribution in [0, 0.1) is 0 Å². The number of halogens is 1. The van der Waals surface area contributed by atoms with E-state index in [0.29, 0.717) is 10.8 Å². The number of aryl methyl sites for hydroxylation is 1. The first-order chi connectivity index (χ1) is 8.16. The van der Waals surface area contributed by atoms with Crippen LogP contribution < -0.4 is 4.74 Å². The van der Waals surface area contributed by atoms with Gasteiger partial charge in [-0.1, -0.05) is 18.5 Å². The SMILES string of the molecule is CCc1cc(Cl)c(OC)c(C2(N=C=O)CC2)c1. The number of hydrogen-bond donors (Lipinski definition) is 0. The minimum Gasteiger partial charge on any atom is -0.495 e. The normalized spacial score (nSPS) is 16.2. The average molecular weight is 252 g/mol. The third kappa shape index (κ3) is 2.08. The summed E-state index contributed by atoms with van der Waals surface area (Å²) in [5, 5.41) is 0.578. The molecule has 90 valence electrons. The fourth-order valence-electron chi connectivity index (χ4n) is 2.05. The van der Waals surface area contributed by atoms with Gasteiger partial charge in [-0.05, 0) is 37.0 Å². The molecule has 0 aromatic heterocycles. The number of aliphatic imine (C=N–C) groups is 1. The van der Waals surface area contributed by atoms with Crippen molar-refractivity contribution in [2.45, 2.75) is 31.7 Å². The molecule has 0 bridgehead atoms. The summed E-state index contributed by atoms with van der Waals surface area (Å²) in [5.41, 5.74) is 1.59. The Morgan fingerprint density at radius 3 is 2.71 bits per heavy atom. The van der Waals surface area contributed by atoms with Crippen molar-refractivity contribution < 1.29 is 9.53 Å². The van der Waals surface area contributed by atoms with Crippen molar-refractivity contribution >= 4 is 17.7 Å². The number of ether oxygens (including phenoxy) is 1. The molecule has 0 radical (unpaired) electrons. The minimum atomic E-state index is -0.443. The third-order valence-corrected chi connectivity index (χ3v) is 3.48. The molecule has 1 aliphatic rings. The first kappa shape index (κ1) is 12.2. The van der Waals surface area contributed by atoms with Crippen LogP contribution in [0.2, 0.25) is 5.02 Å². The van der Waals surface area contributed by atoms with E-state index in [2.05, 4.69) is 11.9 Å². The largest absolute Gasteiger partial charge is 0.495 e. The summed E-state index contributed by atoms with van der Waals surface area (Å²) in [5.74, 6) is 0.625. The minimum absolute atomic E-state index is 0.443. The van der Waals surface area contributed by atoms with Crippen LogP contribution in [-0.4, -0.2) is 13.2 Å². The Kier molecular flexibility index (Phi) is 3.23. The molecule has 4 heteroatoms. The third-order valence-electron chi connectivity index (χ3n) is 3.20. The van der Waals surface area contributed by atoms with Crippen molar-refractivity contribution in [3.63, 3.8) is 0 Å². The second-order valence-corrected chi connectivity index (χ2v) is 4.65. The number of carbonyl (C=O) groups excluding carboxylic acids is 1. The van der Waals surface area contributed by atoms with E-state index in [1.807, 2.05) is 12.1 Å². The van der Waals surface area contributed by atoms with E-state index in [-0.39, 0.29) is 0 Å². The topological polar surface area (TPSA) is 38.7 Å². The smallest absolute Gasteiger partial charge is 0.235 e. The van der Waals surface area contributed by atoms with E-state index in [4.69, 9.17) is 16.3 Å². The monoisotopic (exact) mass is 251 g/mol. The zero-order chi connectivity index (χ0) is 12.5. The Labute approximate surface area is 105 Å². The molecule has 0 atom stereocenters. The van der Waals surface area contributed by atoms with Gasteiger partial charge >= 0.3 is 0 Å². The maximum absolute atomic E-state index is 10.5. The lowest BCUT2D eigenvalue weighted by atomic mass is 10.00. The van der Waals surface area contributed by atoms with Crippen LogP contribution in [-0.2, 0) is 16.8 Å². The van der Waals surface area contributed by atoms with Gasteiger partial charge in [0.2, 0.25) is 6.08 Å². The lowest BCUT2D eigenvalue weighted by molar-refractivity contribution is 0.404. The number of isocyanates is 1. The summed E-state index contributed by atoms with van der Waals surface area (Å²) in [4.78, 5) is 14.4. The van der Waals surface area contributed by atoms with Crippen LogP contribution in [0.1, 0.15) is 30.9 Å². The number of nitrogens with zero attached hydrogens (tertiary/aromatic N) is 1. The highest BCUT2D eigenvalue weighted by Gasteiger charge is 2.47. The standard InChI is InChI=1S/C13H14ClNO2/c1-3-9-6-10(12(17-2)11(14)7-9)13(4-5-13)15-8-16/h6-7H,3-5H2,1-2H3. The van der Waals surface area contributed by atoms with Crippen LogP contribution in [0.5, 0.6) is 5.75 Å². The molecule has 0 spiro atoms. The van der Waals surface area contributed by atoms with E-state index < -0.39 is 5.54 Å². The van der Waals surface area contributed by atoms with E-state index in [0.717, 1.165) is 30.4 Å². The number of benzene rings is 1. The molecule has 0 amide bonds. The molecule has 17 heavy (non-hydrogen) atoms. The van der Waals surface area contributed by atoms with Gasteiger partial charge in [-0.25, -0.2) is 4.79 Å². The van der Waals surface area contributed by atoms with Gasteiger partial charge in [-0.3, -0.25) is 0 Å². The molecule has 0 saturated heterocycles. The van der Waals surface area contributed by atoms with Crippen LogP contribution in [0.15, 0.2) is 17.1 Å². The molecule has 3 nitrogen and oxygen atoms in total. The van der Waals surface area contributed by atoms with Crippen LogP contribution >= 0.6 is 11.6 Å². The highest BCUT2D eigenvalue weighted by atomic mass is 35.5. The van der Waals surface area contributed by atoms with Crippen LogP contribution in [0.3, 0.4) is 0 Å². The summed E-state index contributed by atoms with van der Waals surface area (Å²) < 4.78 is 5.33. The molecule has 1 aromatic rings. The van der Waals surface area contributed by atoms with Crippen LogP contribution in [0.4, 0.5) is 0 Å². The highest BCUT2D eigenvalue weighted by Crippen LogP contribution is 2.53. The fraction of sp³-hybridized carbons (Fsp3) is 0.462. The molecule has 1 fully saturated rings. The first-order valence-electron chi connectivity index (χ1n) is 5.63. The predicted octanol–water partition coefficient (Wildman–Crippen LogP) is 3.24. The summed E-state index contributed by atoms with van der Waals surface area (Å²) in [7, 11) is 1.58. The van der Waals surface area contributed by atoms with E-state index >= 15 is 0 Å². The molecule has 1 saturated carbocycles. The van der Waals surface area contributed by atoms with Gasteiger partial charge in [0.15, 0.2) is 0 Å². The zero-order valence-corrected chi connectivity index (χ0v) is 10.7. The molecule has 1 aromatic carbocycles. The average Bonchev–Trinajstić information content (AvgIpc) is 3.09. The van der Waals surface area contributed by atoms with Crippen molar-refractivity contribution in [3.8, 4) is 5.75 Å². The number of rotatable bonds is 4. The van der Waals surface area contributed by atoms with Gasteiger partial charge in [-0.2, -0.15) is 4.99 Å². The molecule has 0 unspecified atom stereocenters. The van der Waals surface area contributed by atoms with E-state index in [1.165, 1.54) is 0 Å². The van der Waals surface area contributed by atoms with Gasteiger partial charge in [-0.15, -0.1) is 0 Å². The summed E-state index contributed by atoms with van der Waals surface area (Å²) in [6, 6.07) is 3.92. The molecular formula is C13H14ClNO2. The Morgan fingerprint density at radius 1 is 1.53 bits per heavy atom. The van der Waals surface area contributed by atoms with Crippen molar-refractivity contribution in [2.24, 2.45) is 4.99 Å². The maximum atomic E-state index is 10.5. The number of hydrogen-bond acceptors (Lipinski definition) is 3. The van der Waals surface area contributed by atoms with Crippen molar-refractivity contribution in [1.29, 1.82) is 0 Å². The van der Waals surface area contributed by atoms with Crippen molar-refractivity contribution in [1.82, 2.24) is 0 Å². The quantitative estimate of drug-likeness (QED) is 0.609. The lowest BCUT2D eigenvalue weighted by Gasteiger charge is -2.16. The summed E-state index contributed by atoms with van der Waals surface area (Å²) in [6.45, 7) is 2.06. The highest BCUT2D eigenvalue weighted by molar-refractivity contribution is 6.32. The Hall–Kier alpha value is -1.31. The van der Waals surface area contributed by atoms with Gasteiger partial charge in [0.05, 0.1) is 12.1 Å². The molecule has 0 N–H and O–H groups in total. The van der Waals surface area contributed by atoms with Crippen molar-refractivity contribution in [3.05, 3.63) is 28.3 Å². The van der Waals surface area contributed by atoms with Gasteiger partial charge in [0.25, 0.3) is 0 Å². The molecule has 1 aliphatic carbocycles. The van der Waals surface area contributed by atoms with Crippen molar-refractivity contribution in [2.75, 3.05) is 7.11 Å². The van der Waals surface area contributed by atoms with E-state index in [1.54, 1.807) is 13.2 Å². The Balaban J connectivity index is 2.58. The second kappa shape index (κ2) is 4.52. The Bertz CT molecular complexity index is 488. The zero-order valence-electron chi connectivity index (χ0n) is 9.92. The maximum Gasteiger partial charge on any atom is 0.235 e. The Morgan fingerprint density at radius 2 is 2.24 bits per heavy atom. The molecule has 0 heterocycles. The second-order valence-electron chi connectivity index (χ2n) is 4.25.